The monoisotopic (exact) mass is 363 g/mol. The van der Waals surface area contributed by atoms with Crippen molar-refractivity contribution >= 4 is 46.3 Å². The van der Waals surface area contributed by atoms with E-state index in [-0.39, 0.29) is 5.91 Å². The van der Waals surface area contributed by atoms with E-state index in [1.54, 1.807) is 6.08 Å². The first-order valence-electron chi connectivity index (χ1n) is 7.95. The SMILES string of the molecule is CCCC(C(=O)O)N1C(=O)/C(=C/c2ccc(C(C)C)cc2)SC1=S. The van der Waals surface area contributed by atoms with Crippen LogP contribution in [0.1, 0.15) is 50.7 Å². The summed E-state index contributed by atoms with van der Waals surface area (Å²) in [4.78, 5) is 25.8. The zero-order valence-electron chi connectivity index (χ0n) is 14.0. The van der Waals surface area contributed by atoms with Gasteiger partial charge in [-0.3, -0.25) is 9.69 Å². The molecule has 6 heteroatoms. The zero-order chi connectivity index (χ0) is 17.9. The molecule has 0 spiro atoms. The summed E-state index contributed by atoms with van der Waals surface area (Å²) >= 11 is 6.40. The van der Waals surface area contributed by atoms with Gasteiger partial charge in [-0.1, -0.05) is 75.4 Å². The first kappa shape index (κ1) is 18.7. The molecule has 0 radical (unpaired) electrons. The van der Waals surface area contributed by atoms with Gasteiger partial charge < -0.3 is 5.11 Å². The Morgan fingerprint density at radius 2 is 1.96 bits per heavy atom. The van der Waals surface area contributed by atoms with Gasteiger partial charge in [-0.15, -0.1) is 0 Å². The second-order valence-electron chi connectivity index (χ2n) is 6.02. The highest BCUT2D eigenvalue weighted by molar-refractivity contribution is 8.26. The summed E-state index contributed by atoms with van der Waals surface area (Å²) in [5.74, 6) is -0.892. The Kier molecular flexibility index (Phi) is 6.18. The van der Waals surface area contributed by atoms with Crippen LogP contribution in [0.5, 0.6) is 0 Å². The Balaban J connectivity index is 2.25. The summed E-state index contributed by atoms with van der Waals surface area (Å²) in [6.45, 7) is 6.14. The van der Waals surface area contributed by atoms with Gasteiger partial charge in [-0.25, -0.2) is 4.79 Å². The van der Waals surface area contributed by atoms with E-state index in [2.05, 4.69) is 13.8 Å². The van der Waals surface area contributed by atoms with Crippen LogP contribution in [-0.2, 0) is 9.59 Å². The second kappa shape index (κ2) is 7.94. The van der Waals surface area contributed by atoms with Crippen LogP contribution >= 0.6 is 24.0 Å². The van der Waals surface area contributed by atoms with Crippen molar-refractivity contribution in [2.45, 2.75) is 45.6 Å². The lowest BCUT2D eigenvalue weighted by molar-refractivity contribution is -0.145. The van der Waals surface area contributed by atoms with Gasteiger partial charge >= 0.3 is 5.97 Å². The Morgan fingerprint density at radius 3 is 2.46 bits per heavy atom. The van der Waals surface area contributed by atoms with Crippen molar-refractivity contribution < 1.29 is 14.7 Å². The average Bonchev–Trinajstić information content (AvgIpc) is 2.79. The summed E-state index contributed by atoms with van der Waals surface area (Å²) in [5, 5.41) is 9.38. The number of carboxylic acids is 1. The predicted molar refractivity (Wildman–Crippen MR) is 102 cm³/mol. The molecular formula is C18H21NO3S2. The second-order valence-corrected chi connectivity index (χ2v) is 7.69. The number of hydrogen-bond acceptors (Lipinski definition) is 4. The maximum atomic E-state index is 12.6. The molecule has 0 saturated carbocycles. The molecule has 2 rings (SSSR count). The lowest BCUT2D eigenvalue weighted by Crippen LogP contribution is -2.43. The number of carboxylic acid groups (broad SMARTS) is 1. The van der Waals surface area contributed by atoms with E-state index in [4.69, 9.17) is 12.2 Å². The standard InChI is InChI=1S/C18H21NO3S2/c1-4-5-14(17(21)22)19-16(20)15(24-18(19)23)10-12-6-8-13(9-7-12)11(2)3/h6-11,14H,4-5H2,1-3H3,(H,21,22)/b15-10-. The van der Waals surface area contributed by atoms with Crippen LogP contribution in [0.15, 0.2) is 29.2 Å². The number of nitrogens with zero attached hydrogens (tertiary/aromatic N) is 1. The third-order valence-corrected chi connectivity index (χ3v) is 5.21. The van der Waals surface area contributed by atoms with Crippen LogP contribution in [0.2, 0.25) is 0 Å². The molecule has 1 heterocycles. The van der Waals surface area contributed by atoms with Gasteiger partial charge in [0, 0.05) is 0 Å². The highest BCUT2D eigenvalue weighted by Crippen LogP contribution is 2.35. The topological polar surface area (TPSA) is 57.6 Å². The minimum Gasteiger partial charge on any atom is -0.480 e. The van der Waals surface area contributed by atoms with Crippen LogP contribution in [0.4, 0.5) is 0 Å². The van der Waals surface area contributed by atoms with E-state index in [0.717, 1.165) is 17.3 Å². The van der Waals surface area contributed by atoms with Crippen LogP contribution in [0.3, 0.4) is 0 Å². The Bertz CT molecular complexity index is 680. The molecule has 1 N–H and O–H groups in total. The normalized spacial score (nSPS) is 17.8. The number of hydrogen-bond donors (Lipinski definition) is 1. The van der Waals surface area contributed by atoms with Crippen molar-refractivity contribution in [3.63, 3.8) is 0 Å². The van der Waals surface area contributed by atoms with E-state index in [9.17, 15) is 14.7 Å². The molecule has 1 saturated heterocycles. The summed E-state index contributed by atoms with van der Waals surface area (Å²) < 4.78 is 0.311. The molecule has 1 aliphatic heterocycles. The largest absolute Gasteiger partial charge is 0.480 e. The van der Waals surface area contributed by atoms with Gasteiger partial charge in [0.2, 0.25) is 0 Å². The molecule has 1 amide bonds. The number of rotatable bonds is 6. The minimum atomic E-state index is -1.02. The maximum Gasteiger partial charge on any atom is 0.326 e. The van der Waals surface area contributed by atoms with Crippen molar-refractivity contribution in [2.24, 2.45) is 0 Å². The Morgan fingerprint density at radius 1 is 1.33 bits per heavy atom. The highest BCUT2D eigenvalue weighted by Gasteiger charge is 2.39. The van der Waals surface area contributed by atoms with E-state index < -0.39 is 12.0 Å². The highest BCUT2D eigenvalue weighted by atomic mass is 32.2. The van der Waals surface area contributed by atoms with E-state index >= 15 is 0 Å². The molecule has 128 valence electrons. The summed E-state index contributed by atoms with van der Waals surface area (Å²) in [6.07, 6.45) is 2.83. The smallest absolute Gasteiger partial charge is 0.326 e. The molecule has 1 aliphatic rings. The number of thioether (sulfide) groups is 1. The Labute approximate surface area is 151 Å². The van der Waals surface area contributed by atoms with Gasteiger partial charge in [-0.2, -0.15) is 0 Å². The molecule has 24 heavy (non-hydrogen) atoms. The molecule has 1 aromatic carbocycles. The Hall–Kier alpha value is -1.66. The fourth-order valence-corrected chi connectivity index (χ4v) is 3.87. The molecule has 0 bridgehead atoms. The third kappa shape index (κ3) is 4.05. The lowest BCUT2D eigenvalue weighted by atomic mass is 10.0. The maximum absolute atomic E-state index is 12.6. The fraction of sp³-hybridized carbons (Fsp3) is 0.389. The first-order valence-corrected chi connectivity index (χ1v) is 9.17. The number of benzene rings is 1. The number of carbonyl (C=O) groups excluding carboxylic acids is 1. The van der Waals surface area contributed by atoms with Crippen LogP contribution in [0.25, 0.3) is 6.08 Å². The number of carbonyl (C=O) groups is 2. The third-order valence-electron chi connectivity index (χ3n) is 3.88. The van der Waals surface area contributed by atoms with Crippen molar-refractivity contribution in [3.05, 3.63) is 40.3 Å². The molecule has 0 aromatic heterocycles. The number of thiocarbonyl (C=S) groups is 1. The van der Waals surface area contributed by atoms with E-state index in [0.29, 0.717) is 28.0 Å². The molecule has 1 atom stereocenters. The molecule has 1 aromatic rings. The molecule has 4 nitrogen and oxygen atoms in total. The number of amides is 1. The average molecular weight is 364 g/mol. The molecule has 1 unspecified atom stereocenters. The fourth-order valence-electron chi connectivity index (χ4n) is 2.51. The van der Waals surface area contributed by atoms with E-state index in [1.807, 2.05) is 31.2 Å². The van der Waals surface area contributed by atoms with Crippen molar-refractivity contribution in [2.75, 3.05) is 0 Å². The van der Waals surface area contributed by atoms with Crippen LogP contribution in [0, 0.1) is 0 Å². The van der Waals surface area contributed by atoms with Crippen molar-refractivity contribution in [3.8, 4) is 0 Å². The predicted octanol–water partition coefficient (Wildman–Crippen LogP) is 4.26. The number of aliphatic carboxylic acids is 1. The lowest BCUT2D eigenvalue weighted by Gasteiger charge is -2.22. The van der Waals surface area contributed by atoms with Gasteiger partial charge in [-0.05, 0) is 29.5 Å². The summed E-state index contributed by atoms with van der Waals surface area (Å²) in [5.41, 5.74) is 2.14. The molecular weight excluding hydrogens is 342 g/mol. The first-order chi connectivity index (χ1) is 11.3. The molecule has 0 aliphatic carbocycles. The summed E-state index contributed by atoms with van der Waals surface area (Å²) in [6, 6.07) is 7.10. The molecule has 1 fully saturated rings. The van der Waals surface area contributed by atoms with Crippen molar-refractivity contribution in [1.82, 2.24) is 4.90 Å². The van der Waals surface area contributed by atoms with Crippen LogP contribution < -0.4 is 0 Å². The van der Waals surface area contributed by atoms with Gasteiger partial charge in [0.05, 0.1) is 4.91 Å². The summed E-state index contributed by atoms with van der Waals surface area (Å²) in [7, 11) is 0. The van der Waals surface area contributed by atoms with E-state index in [1.165, 1.54) is 10.5 Å². The van der Waals surface area contributed by atoms with Gasteiger partial charge in [0.15, 0.2) is 0 Å². The quantitative estimate of drug-likeness (QED) is 0.604. The van der Waals surface area contributed by atoms with Gasteiger partial charge in [0.25, 0.3) is 5.91 Å². The van der Waals surface area contributed by atoms with Gasteiger partial charge in [0.1, 0.15) is 10.4 Å². The zero-order valence-corrected chi connectivity index (χ0v) is 15.6. The minimum absolute atomic E-state index is 0.311. The van der Waals surface area contributed by atoms with Crippen LogP contribution in [-0.4, -0.2) is 32.2 Å². The van der Waals surface area contributed by atoms with Crippen molar-refractivity contribution in [1.29, 1.82) is 0 Å².